The van der Waals surface area contributed by atoms with Crippen LogP contribution in [0.25, 0.3) is 34.5 Å². The first-order valence-electron chi connectivity index (χ1n) is 11.8. The maximum atomic E-state index is 5.85. The van der Waals surface area contributed by atoms with Gasteiger partial charge in [0.05, 0.1) is 12.2 Å². The lowest BCUT2D eigenvalue weighted by molar-refractivity contribution is -0.659. The maximum absolute atomic E-state index is 5.85. The lowest BCUT2D eigenvalue weighted by Gasteiger charge is -2.09. The highest BCUT2D eigenvalue weighted by Gasteiger charge is 2.15. The molecule has 0 spiro atoms. The van der Waals surface area contributed by atoms with E-state index in [2.05, 4.69) is 128 Å². The summed E-state index contributed by atoms with van der Waals surface area (Å²) in [5, 5.41) is 0. The number of rotatable bonds is 9. The molecule has 0 saturated heterocycles. The Balaban J connectivity index is 0.00000324. The van der Waals surface area contributed by atoms with Crippen molar-refractivity contribution in [2.75, 3.05) is 6.61 Å². The molecule has 34 heavy (non-hydrogen) atoms. The Hall–Kier alpha value is -2.92. The van der Waals surface area contributed by atoms with Crippen LogP contribution < -0.4 is 33.3 Å². The number of ether oxygens (including phenoxy) is 1. The molecule has 0 fully saturated rings. The summed E-state index contributed by atoms with van der Waals surface area (Å²) in [6.07, 6.45) is 10.1. The van der Waals surface area contributed by atoms with E-state index in [0.29, 0.717) is 0 Å². The van der Waals surface area contributed by atoms with E-state index in [0.717, 1.165) is 24.3 Å². The van der Waals surface area contributed by atoms with Crippen LogP contribution in [0.4, 0.5) is 0 Å². The lowest BCUT2D eigenvalue weighted by atomic mass is 9.98. The smallest absolute Gasteiger partial charge is 0.212 e. The SMILES string of the molecule is CCCCCOc1ccc(/C=C/c2cc(-c3ccccc3)[n+](C)cc2-c2ccccc2)cc1.[I-]. The first-order valence-corrected chi connectivity index (χ1v) is 11.8. The van der Waals surface area contributed by atoms with E-state index in [4.69, 9.17) is 4.74 Å². The topological polar surface area (TPSA) is 13.1 Å². The lowest BCUT2D eigenvalue weighted by Crippen LogP contribution is -3.00. The van der Waals surface area contributed by atoms with Gasteiger partial charge in [-0.05, 0) is 47.4 Å². The summed E-state index contributed by atoms with van der Waals surface area (Å²) in [4.78, 5) is 0. The van der Waals surface area contributed by atoms with Crippen LogP contribution in [0.15, 0.2) is 97.2 Å². The van der Waals surface area contributed by atoms with Crippen molar-refractivity contribution < 1.29 is 33.3 Å². The van der Waals surface area contributed by atoms with Crippen molar-refractivity contribution >= 4 is 12.2 Å². The van der Waals surface area contributed by atoms with Crippen molar-refractivity contribution in [2.45, 2.75) is 26.2 Å². The predicted molar refractivity (Wildman–Crippen MR) is 139 cm³/mol. The van der Waals surface area contributed by atoms with E-state index in [-0.39, 0.29) is 24.0 Å². The fourth-order valence-corrected chi connectivity index (χ4v) is 3.96. The van der Waals surface area contributed by atoms with Crippen molar-refractivity contribution in [3.05, 3.63) is 108 Å². The average Bonchev–Trinajstić information content (AvgIpc) is 2.87. The van der Waals surface area contributed by atoms with Crippen LogP contribution in [0.2, 0.25) is 0 Å². The number of unbranched alkanes of at least 4 members (excludes halogenated alkanes) is 2. The summed E-state index contributed by atoms with van der Waals surface area (Å²) in [6.45, 7) is 2.99. The highest BCUT2D eigenvalue weighted by molar-refractivity contribution is 5.81. The van der Waals surface area contributed by atoms with Crippen LogP contribution in [0.1, 0.15) is 37.3 Å². The summed E-state index contributed by atoms with van der Waals surface area (Å²) in [6, 6.07) is 31.7. The average molecular weight is 562 g/mol. The van der Waals surface area contributed by atoms with Crippen molar-refractivity contribution in [1.82, 2.24) is 0 Å². The molecule has 0 aliphatic heterocycles. The zero-order valence-electron chi connectivity index (χ0n) is 20.0. The molecule has 0 unspecified atom stereocenters. The summed E-state index contributed by atoms with van der Waals surface area (Å²) >= 11 is 0. The summed E-state index contributed by atoms with van der Waals surface area (Å²) in [5.41, 5.74) is 7.17. The Labute approximate surface area is 221 Å². The van der Waals surface area contributed by atoms with Gasteiger partial charge in [-0.25, -0.2) is 4.57 Å². The second-order valence-electron chi connectivity index (χ2n) is 8.33. The number of pyridine rings is 1. The molecule has 0 N–H and O–H groups in total. The zero-order valence-corrected chi connectivity index (χ0v) is 22.1. The monoisotopic (exact) mass is 561 g/mol. The minimum absolute atomic E-state index is 0. The molecule has 0 aliphatic rings. The van der Waals surface area contributed by atoms with Gasteiger partial charge in [-0.2, -0.15) is 0 Å². The third kappa shape index (κ3) is 6.80. The first kappa shape index (κ1) is 25.7. The number of aryl methyl sites for hydroxylation is 1. The van der Waals surface area contributed by atoms with Gasteiger partial charge < -0.3 is 28.7 Å². The Morgan fingerprint density at radius 2 is 1.41 bits per heavy atom. The Morgan fingerprint density at radius 1 is 0.765 bits per heavy atom. The van der Waals surface area contributed by atoms with Crippen LogP contribution in [0.3, 0.4) is 0 Å². The molecule has 0 saturated carbocycles. The van der Waals surface area contributed by atoms with Crippen LogP contribution in [0, 0.1) is 0 Å². The predicted octanol–water partition coefficient (Wildman–Crippen LogP) is 4.59. The Morgan fingerprint density at radius 3 is 2.06 bits per heavy atom. The van der Waals surface area contributed by atoms with Crippen molar-refractivity contribution in [1.29, 1.82) is 0 Å². The van der Waals surface area contributed by atoms with Gasteiger partial charge in [0.15, 0.2) is 6.20 Å². The second-order valence-corrected chi connectivity index (χ2v) is 8.33. The third-order valence-corrected chi connectivity index (χ3v) is 5.81. The summed E-state index contributed by atoms with van der Waals surface area (Å²) < 4.78 is 8.06. The molecule has 0 atom stereocenters. The minimum atomic E-state index is 0. The third-order valence-electron chi connectivity index (χ3n) is 5.81. The molecule has 0 amide bonds. The number of aromatic nitrogens is 1. The normalized spacial score (nSPS) is 10.8. The molecule has 4 aromatic rings. The number of hydrogen-bond donors (Lipinski definition) is 0. The molecule has 0 bridgehead atoms. The largest absolute Gasteiger partial charge is 1.00 e. The van der Waals surface area contributed by atoms with Crippen LogP contribution >= 0.6 is 0 Å². The number of benzene rings is 3. The van der Waals surface area contributed by atoms with Crippen LogP contribution in [0.5, 0.6) is 5.75 Å². The van der Waals surface area contributed by atoms with Gasteiger partial charge in [-0.3, -0.25) is 0 Å². The van der Waals surface area contributed by atoms with Crippen LogP contribution in [-0.2, 0) is 7.05 Å². The molecule has 2 nitrogen and oxygen atoms in total. The van der Waals surface area contributed by atoms with Gasteiger partial charge in [0.2, 0.25) is 5.69 Å². The van der Waals surface area contributed by atoms with Gasteiger partial charge in [-0.15, -0.1) is 0 Å². The zero-order chi connectivity index (χ0) is 22.9. The van der Waals surface area contributed by atoms with Gasteiger partial charge in [0, 0.05) is 11.6 Å². The molecule has 1 aromatic heterocycles. The Kier molecular flexibility index (Phi) is 9.89. The molecule has 174 valence electrons. The standard InChI is InChI=1S/C31H32NO.HI/c1-3-4-11-22-33-29-20-17-25(18-21-29)16-19-28-23-31(27-14-9-6-10-15-27)32(2)24-30(28)26-12-7-5-8-13-26;/h5-10,12-21,23-24H,3-4,11,22H2,1-2H3;1H/q+1;/p-1/b19-16+;. The van der Waals surface area contributed by atoms with Gasteiger partial charge in [0.1, 0.15) is 12.8 Å². The number of hydrogen-bond acceptors (Lipinski definition) is 1. The maximum Gasteiger partial charge on any atom is 0.212 e. The van der Waals surface area contributed by atoms with E-state index < -0.39 is 0 Å². The van der Waals surface area contributed by atoms with Crippen molar-refractivity contribution in [3.63, 3.8) is 0 Å². The number of nitrogens with zero attached hydrogens (tertiary/aromatic N) is 1. The van der Waals surface area contributed by atoms with Gasteiger partial charge >= 0.3 is 0 Å². The quantitative estimate of drug-likeness (QED) is 0.166. The molecule has 3 heteroatoms. The minimum Gasteiger partial charge on any atom is -1.00 e. The molecular weight excluding hydrogens is 529 g/mol. The van der Waals surface area contributed by atoms with E-state index in [1.807, 2.05) is 0 Å². The van der Waals surface area contributed by atoms with E-state index in [1.54, 1.807) is 0 Å². The van der Waals surface area contributed by atoms with E-state index in [1.165, 1.54) is 40.8 Å². The number of halogens is 1. The van der Waals surface area contributed by atoms with Crippen molar-refractivity contribution in [2.24, 2.45) is 7.05 Å². The Bertz CT molecular complexity index is 1190. The molecule has 0 radical (unpaired) electrons. The molecule has 4 rings (SSSR count). The summed E-state index contributed by atoms with van der Waals surface area (Å²) in [5.74, 6) is 0.936. The van der Waals surface area contributed by atoms with Crippen molar-refractivity contribution in [3.8, 4) is 28.1 Å². The van der Waals surface area contributed by atoms with E-state index >= 15 is 0 Å². The highest BCUT2D eigenvalue weighted by atomic mass is 127. The molecule has 1 heterocycles. The van der Waals surface area contributed by atoms with E-state index in [9.17, 15) is 0 Å². The highest BCUT2D eigenvalue weighted by Crippen LogP contribution is 2.28. The van der Waals surface area contributed by atoms with Gasteiger partial charge in [-0.1, -0.05) is 92.6 Å². The summed E-state index contributed by atoms with van der Waals surface area (Å²) in [7, 11) is 2.11. The fourth-order valence-electron chi connectivity index (χ4n) is 3.96. The van der Waals surface area contributed by atoms with Gasteiger partial charge in [0.25, 0.3) is 0 Å². The molecule has 3 aromatic carbocycles. The second kappa shape index (κ2) is 13.1. The van der Waals surface area contributed by atoms with Crippen LogP contribution in [-0.4, -0.2) is 6.61 Å². The fraction of sp³-hybridized carbons (Fsp3) is 0.194. The first-order chi connectivity index (χ1) is 16.2. The molecular formula is C31H32INO. The molecule has 0 aliphatic carbocycles.